The highest BCUT2D eigenvalue weighted by Crippen LogP contribution is 2.34. The fourth-order valence-corrected chi connectivity index (χ4v) is 4.33. The van der Waals surface area contributed by atoms with E-state index in [4.69, 9.17) is 4.98 Å². The van der Waals surface area contributed by atoms with Gasteiger partial charge in [0.1, 0.15) is 5.65 Å². The maximum atomic E-state index is 4.78. The Morgan fingerprint density at radius 3 is 2.70 bits per heavy atom. The van der Waals surface area contributed by atoms with Crippen molar-refractivity contribution in [3.05, 3.63) is 72.7 Å². The second-order valence-electron chi connectivity index (χ2n) is 7.76. The Hall–Kier alpha value is -3.25. The number of nitrogens with zero attached hydrogens (tertiary/aromatic N) is 5. The zero-order valence-corrected chi connectivity index (χ0v) is 17.2. The molecular formula is C24H26N6. The van der Waals surface area contributed by atoms with Crippen molar-refractivity contribution in [2.75, 3.05) is 25.0 Å². The first-order valence-electron chi connectivity index (χ1n) is 10.7. The third kappa shape index (κ3) is 3.66. The van der Waals surface area contributed by atoms with E-state index in [1.807, 2.05) is 41.1 Å². The lowest BCUT2D eigenvalue weighted by molar-refractivity contribution is 0.222. The number of rotatable bonds is 5. The number of para-hydroxylation sites is 1. The topological polar surface area (TPSA) is 58.3 Å². The third-order valence-corrected chi connectivity index (χ3v) is 6.02. The molecule has 0 bridgehead atoms. The lowest BCUT2D eigenvalue weighted by Crippen LogP contribution is -2.32. The van der Waals surface area contributed by atoms with E-state index in [1.54, 1.807) is 6.20 Å². The standard InChI is InChI=1S/C24H26N6/c1-2-29-15-11-18(12-16-29)19-7-3-4-8-20(19)27-24-25-13-10-21(28-24)22-17-26-23-9-5-6-14-30(22)23/h3-10,13-14,17-18H,2,11-12,15-16H2,1H3,(H,25,27,28). The predicted molar refractivity (Wildman–Crippen MR) is 120 cm³/mol. The van der Waals surface area contributed by atoms with Crippen LogP contribution in [-0.4, -0.2) is 43.9 Å². The summed E-state index contributed by atoms with van der Waals surface area (Å²) in [6.45, 7) is 5.70. The SMILES string of the molecule is CCN1CCC(c2ccccc2Nc2nccc(-c3cnc4ccccn34)n2)CC1. The van der Waals surface area contributed by atoms with Crippen molar-refractivity contribution in [2.24, 2.45) is 0 Å². The summed E-state index contributed by atoms with van der Waals surface area (Å²) in [4.78, 5) is 16.3. The highest BCUT2D eigenvalue weighted by Gasteiger charge is 2.22. The van der Waals surface area contributed by atoms with Crippen LogP contribution in [0.1, 0.15) is 31.2 Å². The van der Waals surface area contributed by atoms with Gasteiger partial charge in [-0.1, -0.05) is 31.2 Å². The van der Waals surface area contributed by atoms with Crippen molar-refractivity contribution >= 4 is 17.3 Å². The monoisotopic (exact) mass is 398 g/mol. The van der Waals surface area contributed by atoms with Gasteiger partial charge >= 0.3 is 0 Å². The molecule has 0 atom stereocenters. The van der Waals surface area contributed by atoms with Gasteiger partial charge in [0, 0.05) is 18.1 Å². The number of likely N-dealkylation sites (tertiary alicyclic amines) is 1. The van der Waals surface area contributed by atoms with Crippen molar-refractivity contribution in [1.29, 1.82) is 0 Å². The van der Waals surface area contributed by atoms with E-state index in [0.717, 1.165) is 42.4 Å². The normalized spacial score (nSPS) is 15.5. The smallest absolute Gasteiger partial charge is 0.227 e. The van der Waals surface area contributed by atoms with E-state index in [1.165, 1.54) is 18.4 Å². The van der Waals surface area contributed by atoms with Crippen molar-refractivity contribution in [3.8, 4) is 11.4 Å². The second-order valence-corrected chi connectivity index (χ2v) is 7.76. The highest BCUT2D eigenvalue weighted by atomic mass is 15.1. The molecule has 0 spiro atoms. The summed E-state index contributed by atoms with van der Waals surface area (Å²) in [5.41, 5.74) is 5.17. The molecule has 1 aliphatic rings. The molecule has 0 unspecified atom stereocenters. The van der Waals surface area contributed by atoms with Crippen LogP contribution in [0.4, 0.5) is 11.6 Å². The van der Waals surface area contributed by atoms with Gasteiger partial charge in [-0.2, -0.15) is 0 Å². The molecule has 4 heterocycles. The highest BCUT2D eigenvalue weighted by molar-refractivity contribution is 5.64. The molecule has 0 saturated carbocycles. The molecule has 0 aliphatic carbocycles. The minimum atomic E-state index is 0.568. The summed E-state index contributed by atoms with van der Waals surface area (Å²) in [7, 11) is 0. The van der Waals surface area contributed by atoms with Gasteiger partial charge in [0.15, 0.2) is 0 Å². The van der Waals surface area contributed by atoms with Crippen LogP contribution in [0.5, 0.6) is 0 Å². The van der Waals surface area contributed by atoms with Crippen molar-refractivity contribution in [2.45, 2.75) is 25.7 Å². The average Bonchev–Trinajstić information content (AvgIpc) is 3.24. The van der Waals surface area contributed by atoms with Crippen LogP contribution in [0.3, 0.4) is 0 Å². The fourth-order valence-electron chi connectivity index (χ4n) is 4.33. The zero-order chi connectivity index (χ0) is 20.3. The lowest BCUT2D eigenvalue weighted by atomic mass is 9.88. The van der Waals surface area contributed by atoms with E-state index >= 15 is 0 Å². The van der Waals surface area contributed by atoms with Crippen LogP contribution < -0.4 is 5.32 Å². The summed E-state index contributed by atoms with van der Waals surface area (Å²) in [6, 6.07) is 16.5. The predicted octanol–water partition coefficient (Wildman–Crippen LogP) is 4.73. The van der Waals surface area contributed by atoms with Gasteiger partial charge in [-0.25, -0.2) is 15.0 Å². The molecule has 5 rings (SSSR count). The summed E-state index contributed by atoms with van der Waals surface area (Å²) in [5.74, 6) is 1.18. The van der Waals surface area contributed by atoms with Gasteiger partial charge in [-0.05, 0) is 68.2 Å². The molecule has 4 aromatic rings. The first-order chi connectivity index (χ1) is 14.8. The van der Waals surface area contributed by atoms with E-state index < -0.39 is 0 Å². The molecule has 152 valence electrons. The van der Waals surface area contributed by atoms with Crippen LogP contribution in [0.2, 0.25) is 0 Å². The van der Waals surface area contributed by atoms with E-state index in [-0.39, 0.29) is 0 Å². The number of anilines is 2. The Morgan fingerprint density at radius 1 is 1.00 bits per heavy atom. The third-order valence-electron chi connectivity index (χ3n) is 6.02. The number of pyridine rings is 1. The molecule has 6 heteroatoms. The number of imidazole rings is 1. The Bertz CT molecular complexity index is 1140. The van der Waals surface area contributed by atoms with Crippen LogP contribution >= 0.6 is 0 Å². The van der Waals surface area contributed by atoms with Crippen LogP contribution in [-0.2, 0) is 0 Å². The van der Waals surface area contributed by atoms with Crippen LogP contribution in [0.15, 0.2) is 67.1 Å². The first kappa shape index (κ1) is 18.8. The maximum Gasteiger partial charge on any atom is 0.227 e. The Balaban J connectivity index is 1.42. The summed E-state index contributed by atoms with van der Waals surface area (Å²) >= 11 is 0. The molecule has 0 radical (unpaired) electrons. The quantitative estimate of drug-likeness (QED) is 0.526. The average molecular weight is 399 g/mol. The summed E-state index contributed by atoms with van der Waals surface area (Å²) in [5, 5.41) is 3.48. The molecule has 30 heavy (non-hydrogen) atoms. The first-order valence-corrected chi connectivity index (χ1v) is 10.7. The van der Waals surface area contributed by atoms with Gasteiger partial charge < -0.3 is 10.2 Å². The molecule has 1 aromatic carbocycles. The van der Waals surface area contributed by atoms with E-state index in [0.29, 0.717) is 11.9 Å². The maximum absolute atomic E-state index is 4.78. The summed E-state index contributed by atoms with van der Waals surface area (Å²) in [6.07, 6.45) is 8.04. The Kier molecular flexibility index (Phi) is 5.15. The largest absolute Gasteiger partial charge is 0.324 e. The molecule has 1 saturated heterocycles. The molecular weight excluding hydrogens is 372 g/mol. The van der Waals surface area contributed by atoms with Gasteiger partial charge in [-0.15, -0.1) is 0 Å². The number of aromatic nitrogens is 4. The van der Waals surface area contributed by atoms with Gasteiger partial charge in [0.2, 0.25) is 5.95 Å². The Morgan fingerprint density at radius 2 is 1.83 bits per heavy atom. The lowest BCUT2D eigenvalue weighted by Gasteiger charge is -2.32. The second kappa shape index (κ2) is 8.24. The van der Waals surface area contributed by atoms with E-state index in [2.05, 4.69) is 51.4 Å². The number of hydrogen-bond donors (Lipinski definition) is 1. The molecule has 0 amide bonds. The summed E-state index contributed by atoms with van der Waals surface area (Å²) < 4.78 is 2.04. The van der Waals surface area contributed by atoms with Crippen molar-refractivity contribution in [1.82, 2.24) is 24.3 Å². The van der Waals surface area contributed by atoms with Crippen LogP contribution in [0.25, 0.3) is 17.0 Å². The number of piperidine rings is 1. The zero-order valence-electron chi connectivity index (χ0n) is 17.2. The molecule has 1 N–H and O–H groups in total. The number of benzene rings is 1. The molecule has 6 nitrogen and oxygen atoms in total. The number of nitrogens with one attached hydrogen (secondary N) is 1. The molecule has 1 fully saturated rings. The minimum Gasteiger partial charge on any atom is -0.324 e. The van der Waals surface area contributed by atoms with Crippen LogP contribution in [0, 0.1) is 0 Å². The number of fused-ring (bicyclic) bond motifs is 1. The van der Waals surface area contributed by atoms with Gasteiger partial charge in [0.05, 0.1) is 17.6 Å². The van der Waals surface area contributed by atoms with Gasteiger partial charge in [0.25, 0.3) is 0 Å². The van der Waals surface area contributed by atoms with Crippen molar-refractivity contribution in [3.63, 3.8) is 0 Å². The Labute approximate surface area is 176 Å². The molecule has 3 aromatic heterocycles. The fraction of sp³-hybridized carbons (Fsp3) is 0.292. The van der Waals surface area contributed by atoms with E-state index in [9.17, 15) is 0 Å². The minimum absolute atomic E-state index is 0.568. The number of hydrogen-bond acceptors (Lipinski definition) is 5. The van der Waals surface area contributed by atoms with Gasteiger partial charge in [-0.3, -0.25) is 4.40 Å². The molecule has 1 aliphatic heterocycles. The van der Waals surface area contributed by atoms with Crippen molar-refractivity contribution < 1.29 is 0 Å².